The van der Waals surface area contributed by atoms with Crippen LogP contribution in [0.2, 0.25) is 0 Å². The monoisotopic (exact) mass is 316 g/mol. The van der Waals surface area contributed by atoms with Gasteiger partial charge in [-0.2, -0.15) is 0 Å². The number of hydrogen-bond donors (Lipinski definition) is 1. The zero-order valence-electron chi connectivity index (χ0n) is 12.4. The summed E-state index contributed by atoms with van der Waals surface area (Å²) < 4.78 is 18.5. The largest absolute Gasteiger partial charge is 0.494 e. The molecular formula is C15H22ClFN2O2. The minimum Gasteiger partial charge on any atom is -0.494 e. The molecule has 0 saturated carbocycles. The minimum atomic E-state index is -0.505. The van der Waals surface area contributed by atoms with Crippen molar-refractivity contribution in [1.29, 1.82) is 0 Å². The van der Waals surface area contributed by atoms with Gasteiger partial charge in [0.15, 0.2) is 11.6 Å². The molecule has 0 aromatic heterocycles. The van der Waals surface area contributed by atoms with Gasteiger partial charge in [0, 0.05) is 18.7 Å². The van der Waals surface area contributed by atoms with Crippen LogP contribution in [0.3, 0.4) is 0 Å². The Labute approximate surface area is 131 Å². The summed E-state index contributed by atoms with van der Waals surface area (Å²) in [6, 6.07) is 4.55. The number of benzene rings is 1. The lowest BCUT2D eigenvalue weighted by atomic mass is 10.1. The first-order valence-electron chi connectivity index (χ1n) is 6.95. The Bertz CT molecular complexity index is 477. The third-order valence-corrected chi connectivity index (χ3v) is 3.81. The Morgan fingerprint density at radius 3 is 2.81 bits per heavy atom. The smallest absolute Gasteiger partial charge is 0.253 e. The first-order chi connectivity index (χ1) is 9.63. The topological polar surface area (TPSA) is 41.6 Å². The van der Waals surface area contributed by atoms with Gasteiger partial charge in [-0.25, -0.2) is 4.39 Å². The van der Waals surface area contributed by atoms with Gasteiger partial charge in [-0.1, -0.05) is 0 Å². The molecule has 1 atom stereocenters. The number of carbonyl (C=O) groups is 1. The Kier molecular flexibility index (Phi) is 6.92. The van der Waals surface area contributed by atoms with Gasteiger partial charge in [-0.05, 0) is 50.6 Å². The fourth-order valence-electron chi connectivity index (χ4n) is 2.56. The van der Waals surface area contributed by atoms with E-state index in [1.54, 1.807) is 18.0 Å². The normalized spacial score (nSPS) is 18.3. The van der Waals surface area contributed by atoms with E-state index in [-0.39, 0.29) is 30.1 Å². The lowest BCUT2D eigenvalue weighted by molar-refractivity contribution is 0.0720. The molecule has 1 amide bonds. The Balaban J connectivity index is 0.00000220. The lowest BCUT2D eigenvalue weighted by Crippen LogP contribution is -2.37. The van der Waals surface area contributed by atoms with Gasteiger partial charge in [0.2, 0.25) is 0 Å². The number of hydrogen-bond acceptors (Lipinski definition) is 3. The van der Waals surface area contributed by atoms with Crippen LogP contribution in [0.4, 0.5) is 4.39 Å². The van der Waals surface area contributed by atoms with Crippen LogP contribution in [0.1, 0.15) is 29.6 Å². The van der Waals surface area contributed by atoms with Crippen molar-refractivity contribution in [1.82, 2.24) is 10.2 Å². The highest BCUT2D eigenvalue weighted by Gasteiger charge is 2.22. The number of methoxy groups -OCH3 is 1. The van der Waals surface area contributed by atoms with Crippen molar-refractivity contribution >= 4 is 18.3 Å². The second kappa shape index (κ2) is 8.20. The van der Waals surface area contributed by atoms with E-state index in [1.807, 2.05) is 0 Å². The average molecular weight is 317 g/mol. The molecular weight excluding hydrogens is 295 g/mol. The van der Waals surface area contributed by atoms with Crippen LogP contribution >= 0.6 is 12.4 Å². The van der Waals surface area contributed by atoms with Gasteiger partial charge in [0.1, 0.15) is 0 Å². The van der Waals surface area contributed by atoms with E-state index in [4.69, 9.17) is 4.74 Å². The molecule has 21 heavy (non-hydrogen) atoms. The van der Waals surface area contributed by atoms with E-state index >= 15 is 0 Å². The van der Waals surface area contributed by atoms with Gasteiger partial charge in [0.25, 0.3) is 5.91 Å². The second-order valence-electron chi connectivity index (χ2n) is 5.10. The predicted molar refractivity (Wildman–Crippen MR) is 82.8 cm³/mol. The molecule has 1 fully saturated rings. The van der Waals surface area contributed by atoms with E-state index < -0.39 is 5.82 Å². The average Bonchev–Trinajstić information content (AvgIpc) is 2.74. The number of amides is 1. The third kappa shape index (κ3) is 4.32. The fourth-order valence-corrected chi connectivity index (χ4v) is 2.56. The van der Waals surface area contributed by atoms with E-state index in [0.29, 0.717) is 5.56 Å². The summed E-state index contributed by atoms with van der Waals surface area (Å²) in [5, 5.41) is 3.32. The molecule has 4 nitrogen and oxygen atoms in total. The standard InChI is InChI=1S/C15H21FN2O2.ClH/c1-18(12-4-3-8-17-9-7-12)15(19)11-5-6-14(20-2)13(16)10-11;/h5-6,10,12,17H,3-4,7-9H2,1-2H3;1H. The number of carbonyl (C=O) groups excluding carboxylic acids is 1. The molecule has 0 bridgehead atoms. The minimum absolute atomic E-state index is 0. The fraction of sp³-hybridized carbons (Fsp3) is 0.533. The SMILES string of the molecule is COc1ccc(C(=O)N(C)C2CCCNCC2)cc1F.Cl. The van der Waals surface area contributed by atoms with Gasteiger partial charge in [0.05, 0.1) is 7.11 Å². The summed E-state index contributed by atoms with van der Waals surface area (Å²) >= 11 is 0. The zero-order chi connectivity index (χ0) is 14.5. The zero-order valence-corrected chi connectivity index (χ0v) is 13.2. The first kappa shape index (κ1) is 17.7. The summed E-state index contributed by atoms with van der Waals surface area (Å²) in [6.07, 6.45) is 2.97. The third-order valence-electron chi connectivity index (χ3n) is 3.81. The quantitative estimate of drug-likeness (QED) is 0.931. The Morgan fingerprint density at radius 1 is 1.38 bits per heavy atom. The maximum absolute atomic E-state index is 13.7. The molecule has 1 unspecified atom stereocenters. The number of nitrogens with one attached hydrogen (secondary N) is 1. The van der Waals surface area contributed by atoms with Crippen LogP contribution in [0.25, 0.3) is 0 Å². The van der Waals surface area contributed by atoms with Gasteiger partial charge in [-0.15, -0.1) is 12.4 Å². The number of halogens is 2. The summed E-state index contributed by atoms with van der Waals surface area (Å²) in [4.78, 5) is 14.1. The van der Waals surface area contributed by atoms with Crippen LogP contribution in [0.5, 0.6) is 5.75 Å². The molecule has 0 radical (unpaired) electrons. The summed E-state index contributed by atoms with van der Waals surface area (Å²) in [7, 11) is 3.20. The summed E-state index contributed by atoms with van der Waals surface area (Å²) in [6.45, 7) is 1.91. The second-order valence-corrected chi connectivity index (χ2v) is 5.10. The van der Waals surface area contributed by atoms with Crippen LogP contribution in [0.15, 0.2) is 18.2 Å². The van der Waals surface area contributed by atoms with Crippen molar-refractivity contribution in [2.75, 3.05) is 27.2 Å². The lowest BCUT2D eigenvalue weighted by Gasteiger charge is -2.27. The molecule has 1 aromatic rings. The number of nitrogens with zero attached hydrogens (tertiary/aromatic N) is 1. The van der Waals surface area contributed by atoms with Crippen molar-refractivity contribution in [3.63, 3.8) is 0 Å². The van der Waals surface area contributed by atoms with E-state index in [9.17, 15) is 9.18 Å². The van der Waals surface area contributed by atoms with Crippen LogP contribution < -0.4 is 10.1 Å². The number of rotatable bonds is 3. The van der Waals surface area contributed by atoms with Gasteiger partial charge in [-0.3, -0.25) is 4.79 Å². The van der Waals surface area contributed by atoms with Crippen molar-refractivity contribution in [2.45, 2.75) is 25.3 Å². The Hall–Kier alpha value is -1.33. The Morgan fingerprint density at radius 2 is 2.14 bits per heavy atom. The van der Waals surface area contributed by atoms with E-state index in [1.165, 1.54) is 19.2 Å². The summed E-state index contributed by atoms with van der Waals surface area (Å²) in [5.41, 5.74) is 0.364. The maximum atomic E-state index is 13.7. The first-order valence-corrected chi connectivity index (χ1v) is 6.95. The molecule has 118 valence electrons. The molecule has 1 saturated heterocycles. The predicted octanol–water partition coefficient (Wildman–Crippen LogP) is 2.47. The van der Waals surface area contributed by atoms with Crippen molar-refractivity contribution < 1.29 is 13.9 Å². The molecule has 0 spiro atoms. The molecule has 2 rings (SSSR count). The van der Waals surface area contributed by atoms with Crippen molar-refractivity contribution in [2.24, 2.45) is 0 Å². The van der Waals surface area contributed by atoms with Crippen LogP contribution in [-0.2, 0) is 0 Å². The highest BCUT2D eigenvalue weighted by atomic mass is 35.5. The van der Waals surface area contributed by atoms with Gasteiger partial charge >= 0.3 is 0 Å². The van der Waals surface area contributed by atoms with Crippen LogP contribution in [-0.4, -0.2) is 44.1 Å². The number of ether oxygens (including phenoxy) is 1. The molecule has 1 aromatic carbocycles. The molecule has 6 heteroatoms. The van der Waals surface area contributed by atoms with Crippen LogP contribution in [0, 0.1) is 5.82 Å². The summed E-state index contributed by atoms with van der Waals surface area (Å²) in [5.74, 6) is -0.490. The van der Waals surface area contributed by atoms with E-state index in [0.717, 1.165) is 32.4 Å². The molecule has 1 N–H and O–H groups in total. The highest BCUT2D eigenvalue weighted by molar-refractivity contribution is 5.94. The molecule has 0 aliphatic carbocycles. The van der Waals surface area contributed by atoms with E-state index in [2.05, 4.69) is 5.32 Å². The molecule has 1 heterocycles. The molecule has 1 aliphatic heterocycles. The van der Waals surface area contributed by atoms with Gasteiger partial charge < -0.3 is 15.0 Å². The highest BCUT2D eigenvalue weighted by Crippen LogP contribution is 2.20. The van der Waals surface area contributed by atoms with Crippen molar-refractivity contribution in [3.05, 3.63) is 29.6 Å². The van der Waals surface area contributed by atoms with Crippen molar-refractivity contribution in [3.8, 4) is 5.75 Å². The molecule has 1 aliphatic rings. The maximum Gasteiger partial charge on any atom is 0.253 e.